The average molecular weight is 234 g/mol. The second kappa shape index (κ2) is 5.12. The molecule has 0 aromatic heterocycles. The van der Waals surface area contributed by atoms with Crippen molar-refractivity contribution in [2.45, 2.75) is 6.10 Å². The molecule has 0 spiro atoms. The van der Waals surface area contributed by atoms with Crippen molar-refractivity contribution in [2.75, 3.05) is 0 Å². The Kier molecular flexibility index (Phi) is 3.57. The third kappa shape index (κ3) is 2.25. The highest BCUT2D eigenvalue weighted by atomic mass is 35.5. The molecule has 3 heteroatoms. The topological polar surface area (TPSA) is 35.2 Å². The van der Waals surface area contributed by atoms with Gasteiger partial charge in [-0.3, -0.25) is 4.84 Å². The maximum Gasteiger partial charge on any atom is 0.130 e. The van der Waals surface area contributed by atoms with Gasteiger partial charge < -0.3 is 0 Å². The lowest BCUT2D eigenvalue weighted by molar-refractivity contribution is 0.0814. The molecule has 0 heterocycles. The summed E-state index contributed by atoms with van der Waals surface area (Å²) in [5.41, 5.74) is 1.86. The van der Waals surface area contributed by atoms with E-state index in [4.69, 9.17) is 22.3 Å². The number of nitrogens with two attached hydrogens (primary N) is 1. The van der Waals surface area contributed by atoms with Gasteiger partial charge in [-0.2, -0.15) is 0 Å². The maximum absolute atomic E-state index is 6.11. The van der Waals surface area contributed by atoms with Crippen LogP contribution in [0.3, 0.4) is 0 Å². The van der Waals surface area contributed by atoms with Crippen molar-refractivity contribution < 1.29 is 4.84 Å². The van der Waals surface area contributed by atoms with Gasteiger partial charge in [0.1, 0.15) is 6.10 Å². The number of benzene rings is 2. The minimum absolute atomic E-state index is 0.324. The molecule has 0 saturated heterocycles. The smallest absolute Gasteiger partial charge is 0.130 e. The average Bonchev–Trinajstić information content (AvgIpc) is 2.34. The molecule has 2 nitrogen and oxygen atoms in total. The summed E-state index contributed by atoms with van der Waals surface area (Å²) in [5.74, 6) is 5.35. The predicted octanol–water partition coefficient (Wildman–Crippen LogP) is 3.32. The van der Waals surface area contributed by atoms with Gasteiger partial charge in [0, 0.05) is 10.6 Å². The first-order valence-electron chi connectivity index (χ1n) is 4.98. The molecule has 0 aliphatic rings. The lowest BCUT2D eigenvalue weighted by Crippen LogP contribution is -2.11. The number of hydrogen-bond donors (Lipinski definition) is 1. The second-order valence-corrected chi connectivity index (χ2v) is 3.86. The second-order valence-electron chi connectivity index (χ2n) is 3.45. The van der Waals surface area contributed by atoms with Crippen molar-refractivity contribution in [3.05, 3.63) is 70.7 Å². The first-order valence-corrected chi connectivity index (χ1v) is 5.35. The molecule has 0 saturated carbocycles. The summed E-state index contributed by atoms with van der Waals surface area (Å²) in [7, 11) is 0. The van der Waals surface area contributed by atoms with Crippen LogP contribution in [0, 0.1) is 0 Å². The van der Waals surface area contributed by atoms with Gasteiger partial charge in [-0.25, -0.2) is 5.90 Å². The standard InChI is InChI=1S/C13H12ClNO/c14-12-9-5-4-8-11(12)13(16-15)10-6-2-1-3-7-10/h1-9,13H,15H2. The lowest BCUT2D eigenvalue weighted by atomic mass is 10.0. The highest BCUT2D eigenvalue weighted by Crippen LogP contribution is 2.29. The van der Waals surface area contributed by atoms with Crippen LogP contribution in [0.1, 0.15) is 17.2 Å². The summed E-state index contributed by atoms with van der Waals surface area (Å²) in [6.07, 6.45) is -0.324. The molecular formula is C13H12ClNO. The molecule has 16 heavy (non-hydrogen) atoms. The third-order valence-electron chi connectivity index (χ3n) is 2.43. The summed E-state index contributed by atoms with van der Waals surface area (Å²) in [6, 6.07) is 17.3. The first kappa shape index (κ1) is 11.1. The Morgan fingerprint density at radius 2 is 1.56 bits per heavy atom. The number of hydrogen-bond acceptors (Lipinski definition) is 2. The predicted molar refractivity (Wildman–Crippen MR) is 65.0 cm³/mol. The van der Waals surface area contributed by atoms with E-state index in [1.165, 1.54) is 0 Å². The zero-order chi connectivity index (χ0) is 11.4. The van der Waals surface area contributed by atoms with Crippen LogP contribution in [0.5, 0.6) is 0 Å². The Morgan fingerprint density at radius 1 is 0.938 bits per heavy atom. The van der Waals surface area contributed by atoms with Crippen LogP contribution >= 0.6 is 11.6 Å². The van der Waals surface area contributed by atoms with Crippen molar-refractivity contribution in [2.24, 2.45) is 5.90 Å². The van der Waals surface area contributed by atoms with E-state index in [1.807, 2.05) is 54.6 Å². The summed E-state index contributed by atoms with van der Waals surface area (Å²) in [5, 5.41) is 0.654. The molecule has 0 bridgehead atoms. The molecule has 0 aliphatic heterocycles. The first-order chi connectivity index (χ1) is 7.83. The Balaban J connectivity index is 2.41. The van der Waals surface area contributed by atoms with Crippen LogP contribution in [0.4, 0.5) is 0 Å². The molecule has 0 aliphatic carbocycles. The zero-order valence-electron chi connectivity index (χ0n) is 8.64. The lowest BCUT2D eigenvalue weighted by Gasteiger charge is -2.16. The fourth-order valence-electron chi connectivity index (χ4n) is 1.65. The molecule has 0 amide bonds. The highest BCUT2D eigenvalue weighted by Gasteiger charge is 2.15. The molecule has 0 radical (unpaired) electrons. The summed E-state index contributed by atoms with van der Waals surface area (Å²) >= 11 is 6.11. The normalized spacial score (nSPS) is 12.4. The molecule has 0 fully saturated rings. The van der Waals surface area contributed by atoms with Gasteiger partial charge in [-0.15, -0.1) is 0 Å². The van der Waals surface area contributed by atoms with Crippen LogP contribution in [-0.4, -0.2) is 0 Å². The van der Waals surface area contributed by atoms with Gasteiger partial charge in [0.15, 0.2) is 0 Å². The van der Waals surface area contributed by atoms with E-state index < -0.39 is 0 Å². The molecule has 2 aromatic carbocycles. The summed E-state index contributed by atoms with van der Waals surface area (Å²) in [4.78, 5) is 5.02. The van der Waals surface area contributed by atoms with E-state index in [9.17, 15) is 0 Å². The zero-order valence-corrected chi connectivity index (χ0v) is 9.39. The maximum atomic E-state index is 6.11. The van der Waals surface area contributed by atoms with E-state index >= 15 is 0 Å². The van der Waals surface area contributed by atoms with Crippen molar-refractivity contribution in [3.63, 3.8) is 0 Å². The molecule has 2 rings (SSSR count). The fourth-order valence-corrected chi connectivity index (χ4v) is 1.88. The monoisotopic (exact) mass is 233 g/mol. The molecular weight excluding hydrogens is 222 g/mol. The molecule has 1 atom stereocenters. The molecule has 82 valence electrons. The molecule has 2 N–H and O–H groups in total. The van der Waals surface area contributed by atoms with Gasteiger partial charge in [-0.1, -0.05) is 60.1 Å². The number of halogens is 1. The van der Waals surface area contributed by atoms with E-state index in [0.29, 0.717) is 5.02 Å². The Hall–Kier alpha value is -1.35. The molecule has 2 aromatic rings. The third-order valence-corrected chi connectivity index (χ3v) is 2.77. The van der Waals surface area contributed by atoms with E-state index in [0.717, 1.165) is 11.1 Å². The van der Waals surface area contributed by atoms with E-state index in [1.54, 1.807) is 0 Å². The van der Waals surface area contributed by atoms with Crippen LogP contribution < -0.4 is 5.90 Å². The Bertz CT molecular complexity index is 458. The van der Waals surface area contributed by atoms with Crippen LogP contribution in [-0.2, 0) is 4.84 Å². The van der Waals surface area contributed by atoms with Crippen molar-refractivity contribution >= 4 is 11.6 Å². The van der Waals surface area contributed by atoms with Crippen molar-refractivity contribution in [1.29, 1.82) is 0 Å². The van der Waals surface area contributed by atoms with Crippen LogP contribution in [0.2, 0.25) is 5.02 Å². The van der Waals surface area contributed by atoms with Gasteiger partial charge in [0.25, 0.3) is 0 Å². The highest BCUT2D eigenvalue weighted by molar-refractivity contribution is 6.31. The minimum atomic E-state index is -0.324. The Morgan fingerprint density at radius 3 is 2.19 bits per heavy atom. The molecule has 1 unspecified atom stereocenters. The van der Waals surface area contributed by atoms with E-state index in [-0.39, 0.29) is 6.10 Å². The summed E-state index contributed by atoms with van der Waals surface area (Å²) in [6.45, 7) is 0. The van der Waals surface area contributed by atoms with Gasteiger partial charge in [-0.05, 0) is 11.6 Å². The van der Waals surface area contributed by atoms with Gasteiger partial charge in [0.05, 0.1) is 0 Å². The van der Waals surface area contributed by atoms with Crippen molar-refractivity contribution in [1.82, 2.24) is 0 Å². The SMILES string of the molecule is NOC(c1ccccc1)c1ccccc1Cl. The van der Waals surface area contributed by atoms with Gasteiger partial charge >= 0.3 is 0 Å². The van der Waals surface area contributed by atoms with Crippen LogP contribution in [0.25, 0.3) is 0 Å². The van der Waals surface area contributed by atoms with Gasteiger partial charge in [0.2, 0.25) is 0 Å². The minimum Gasteiger partial charge on any atom is -0.292 e. The summed E-state index contributed by atoms with van der Waals surface area (Å²) < 4.78 is 0. The number of rotatable bonds is 3. The fraction of sp³-hybridized carbons (Fsp3) is 0.0769. The van der Waals surface area contributed by atoms with Crippen LogP contribution in [0.15, 0.2) is 54.6 Å². The van der Waals surface area contributed by atoms with Crippen molar-refractivity contribution in [3.8, 4) is 0 Å². The quantitative estimate of drug-likeness (QED) is 0.826. The van der Waals surface area contributed by atoms with E-state index in [2.05, 4.69) is 0 Å². The largest absolute Gasteiger partial charge is 0.292 e. The Labute approximate surface area is 99.6 Å².